The van der Waals surface area contributed by atoms with Gasteiger partial charge in [-0.25, -0.2) is 14.8 Å². The Bertz CT molecular complexity index is 1380. The van der Waals surface area contributed by atoms with E-state index in [1.165, 1.54) is 43.0 Å². The fraction of sp³-hybridized carbons (Fsp3) is 0.417. The van der Waals surface area contributed by atoms with Gasteiger partial charge < -0.3 is 19.6 Å². The lowest BCUT2D eigenvalue weighted by molar-refractivity contribution is 0.0947. The molecular weight excluding hydrogens is 420 g/mol. The minimum Gasteiger partial charge on any atom is -0.408 e. The monoisotopic (exact) mass is 448 g/mol. The van der Waals surface area contributed by atoms with Gasteiger partial charge in [-0.3, -0.25) is 9.36 Å². The smallest absolute Gasteiger partial charge is 0.408 e. The third-order valence-corrected chi connectivity index (χ3v) is 6.58. The van der Waals surface area contributed by atoms with Gasteiger partial charge in [0.05, 0.1) is 11.2 Å². The van der Waals surface area contributed by atoms with Gasteiger partial charge in [-0.2, -0.15) is 0 Å². The Morgan fingerprint density at radius 2 is 2.00 bits per heavy atom. The molecule has 0 unspecified atom stereocenters. The van der Waals surface area contributed by atoms with Gasteiger partial charge in [-0.05, 0) is 36.5 Å². The van der Waals surface area contributed by atoms with Gasteiger partial charge in [-0.15, -0.1) is 0 Å². The molecule has 0 bridgehead atoms. The number of nitrogens with one attached hydrogen (secondary N) is 2. The molecule has 0 atom stereocenters. The maximum absolute atomic E-state index is 13.0. The molecule has 1 fully saturated rings. The van der Waals surface area contributed by atoms with Crippen LogP contribution in [0.1, 0.15) is 48.2 Å². The largest absolute Gasteiger partial charge is 0.419 e. The van der Waals surface area contributed by atoms with Crippen molar-refractivity contribution in [3.63, 3.8) is 0 Å². The summed E-state index contributed by atoms with van der Waals surface area (Å²) in [6, 6.07) is 5.41. The molecule has 0 spiro atoms. The number of anilines is 1. The summed E-state index contributed by atoms with van der Waals surface area (Å²) in [5, 5.41) is 6.48. The summed E-state index contributed by atoms with van der Waals surface area (Å²) < 4.78 is 8.51. The van der Waals surface area contributed by atoms with E-state index in [0.717, 1.165) is 23.3 Å². The van der Waals surface area contributed by atoms with Crippen molar-refractivity contribution in [3.8, 4) is 0 Å². The summed E-state index contributed by atoms with van der Waals surface area (Å²) in [6.45, 7) is 1.22. The van der Waals surface area contributed by atoms with Crippen LogP contribution in [-0.2, 0) is 20.6 Å². The first-order valence-corrected chi connectivity index (χ1v) is 11.4. The van der Waals surface area contributed by atoms with Crippen LogP contribution in [0, 0.1) is 5.92 Å². The van der Waals surface area contributed by atoms with Gasteiger partial charge >= 0.3 is 5.76 Å². The van der Waals surface area contributed by atoms with Crippen LogP contribution in [0.5, 0.6) is 0 Å². The molecule has 2 N–H and O–H groups in total. The highest BCUT2D eigenvalue weighted by Crippen LogP contribution is 2.28. The second-order valence-corrected chi connectivity index (χ2v) is 8.87. The lowest BCUT2D eigenvalue weighted by atomic mass is 9.89. The normalized spacial score (nSPS) is 14.7. The predicted octanol–water partition coefficient (Wildman–Crippen LogP) is 3.34. The Labute approximate surface area is 190 Å². The Hall–Kier alpha value is -3.62. The minimum absolute atomic E-state index is 0.274. The molecule has 0 aliphatic heterocycles. The standard InChI is InChI=1S/C24H28N6O3/c1-29-13-17(25-11-15-6-4-3-5-7-15)20-22(29)21(28-14-27-20)23(31)26-12-16-8-9-19-18(10-16)30(2)24(32)33-19/h8-10,13-15,25H,3-7,11-12H2,1-2H3,(H,26,31). The molecule has 9 nitrogen and oxygen atoms in total. The SMILES string of the molecule is Cn1cc(NCC2CCCCC2)c2ncnc(C(=O)NCc3ccc4oc(=O)n(C)c4c3)c21. The molecule has 172 valence electrons. The van der Waals surface area contributed by atoms with E-state index in [2.05, 4.69) is 20.6 Å². The molecule has 5 rings (SSSR count). The van der Waals surface area contributed by atoms with E-state index in [4.69, 9.17) is 4.42 Å². The number of benzene rings is 1. The molecular formula is C24H28N6O3. The first-order chi connectivity index (χ1) is 16.0. The number of fused-ring (bicyclic) bond motifs is 2. The van der Waals surface area contributed by atoms with Gasteiger partial charge in [-0.1, -0.05) is 25.3 Å². The maximum atomic E-state index is 13.0. The molecule has 3 heterocycles. The lowest BCUT2D eigenvalue weighted by Gasteiger charge is -2.21. The van der Waals surface area contributed by atoms with Crippen LogP contribution in [0.4, 0.5) is 5.69 Å². The van der Waals surface area contributed by atoms with Crippen molar-refractivity contribution in [2.75, 3.05) is 11.9 Å². The Morgan fingerprint density at radius 1 is 1.18 bits per heavy atom. The third-order valence-electron chi connectivity index (χ3n) is 6.58. The molecule has 1 amide bonds. The first-order valence-electron chi connectivity index (χ1n) is 11.4. The number of hydrogen-bond donors (Lipinski definition) is 2. The van der Waals surface area contributed by atoms with Gasteiger partial charge in [0, 0.05) is 33.4 Å². The number of oxazole rings is 1. The van der Waals surface area contributed by atoms with E-state index >= 15 is 0 Å². The topological polar surface area (TPSA) is 107 Å². The summed E-state index contributed by atoms with van der Waals surface area (Å²) in [7, 11) is 3.56. The molecule has 1 aliphatic carbocycles. The number of aromatic nitrogens is 4. The highest BCUT2D eigenvalue weighted by molar-refractivity contribution is 6.06. The van der Waals surface area contributed by atoms with Crippen LogP contribution in [0.3, 0.4) is 0 Å². The number of rotatable bonds is 6. The van der Waals surface area contributed by atoms with Gasteiger partial charge in [0.15, 0.2) is 11.3 Å². The molecule has 1 aliphatic rings. The zero-order valence-electron chi connectivity index (χ0n) is 18.9. The third kappa shape index (κ3) is 4.10. The van der Waals surface area contributed by atoms with E-state index in [1.807, 2.05) is 29.9 Å². The van der Waals surface area contributed by atoms with Crippen molar-refractivity contribution in [2.45, 2.75) is 38.6 Å². The fourth-order valence-electron chi connectivity index (χ4n) is 4.72. The van der Waals surface area contributed by atoms with Crippen LogP contribution in [-0.4, -0.2) is 31.6 Å². The number of amides is 1. The molecule has 0 radical (unpaired) electrons. The average molecular weight is 449 g/mol. The Kier molecular flexibility index (Phi) is 5.62. The maximum Gasteiger partial charge on any atom is 0.419 e. The Balaban J connectivity index is 1.33. The summed E-state index contributed by atoms with van der Waals surface area (Å²) in [5.41, 5.74) is 4.79. The molecule has 9 heteroatoms. The van der Waals surface area contributed by atoms with E-state index in [1.54, 1.807) is 13.1 Å². The second kappa shape index (κ2) is 8.73. The van der Waals surface area contributed by atoms with E-state index in [-0.39, 0.29) is 5.91 Å². The van der Waals surface area contributed by atoms with E-state index in [0.29, 0.717) is 34.8 Å². The minimum atomic E-state index is -0.411. The lowest BCUT2D eigenvalue weighted by Crippen LogP contribution is -2.24. The van der Waals surface area contributed by atoms with Crippen LogP contribution >= 0.6 is 0 Å². The molecule has 3 aromatic heterocycles. The van der Waals surface area contributed by atoms with Gasteiger partial charge in [0.1, 0.15) is 17.4 Å². The quantitative estimate of drug-likeness (QED) is 0.469. The number of hydrogen-bond acceptors (Lipinski definition) is 6. The summed E-state index contributed by atoms with van der Waals surface area (Å²) in [5.74, 6) is 0.000420. The molecule has 0 saturated heterocycles. The molecule has 4 aromatic rings. The highest BCUT2D eigenvalue weighted by Gasteiger charge is 2.20. The van der Waals surface area contributed by atoms with Gasteiger partial charge in [0.25, 0.3) is 5.91 Å². The molecule has 1 aromatic carbocycles. The molecule has 1 saturated carbocycles. The van der Waals surface area contributed by atoms with Gasteiger partial charge in [0.2, 0.25) is 0 Å². The van der Waals surface area contributed by atoms with E-state index < -0.39 is 5.76 Å². The van der Waals surface area contributed by atoms with Crippen molar-refractivity contribution >= 4 is 33.7 Å². The van der Waals surface area contributed by atoms with Crippen molar-refractivity contribution in [2.24, 2.45) is 20.0 Å². The van der Waals surface area contributed by atoms with E-state index in [9.17, 15) is 9.59 Å². The number of nitrogens with zero attached hydrogens (tertiary/aromatic N) is 4. The van der Waals surface area contributed by atoms with Crippen LogP contribution in [0.15, 0.2) is 39.9 Å². The fourth-order valence-corrected chi connectivity index (χ4v) is 4.72. The summed E-state index contributed by atoms with van der Waals surface area (Å²) >= 11 is 0. The summed E-state index contributed by atoms with van der Waals surface area (Å²) in [4.78, 5) is 33.5. The Morgan fingerprint density at radius 3 is 2.82 bits per heavy atom. The first kappa shape index (κ1) is 21.2. The van der Waals surface area contributed by atoms with Crippen molar-refractivity contribution in [1.82, 2.24) is 24.4 Å². The van der Waals surface area contributed by atoms with Crippen molar-refractivity contribution in [1.29, 1.82) is 0 Å². The van der Waals surface area contributed by atoms with Crippen molar-refractivity contribution in [3.05, 3.63) is 52.5 Å². The molecule has 33 heavy (non-hydrogen) atoms. The number of carbonyl (C=O) groups is 1. The predicted molar refractivity (Wildman–Crippen MR) is 126 cm³/mol. The zero-order chi connectivity index (χ0) is 22.9. The zero-order valence-corrected chi connectivity index (χ0v) is 18.9. The second-order valence-electron chi connectivity index (χ2n) is 8.87. The number of aryl methyl sites for hydroxylation is 2. The van der Waals surface area contributed by atoms with Crippen LogP contribution in [0.25, 0.3) is 22.1 Å². The number of carbonyl (C=O) groups excluding carboxylic acids is 1. The van der Waals surface area contributed by atoms with Crippen LogP contribution < -0.4 is 16.4 Å². The van der Waals surface area contributed by atoms with Crippen molar-refractivity contribution < 1.29 is 9.21 Å². The average Bonchev–Trinajstić information content (AvgIpc) is 3.32. The van der Waals surface area contributed by atoms with Crippen LogP contribution in [0.2, 0.25) is 0 Å². The highest BCUT2D eigenvalue weighted by atomic mass is 16.4. The summed E-state index contributed by atoms with van der Waals surface area (Å²) in [6.07, 6.45) is 9.89.